The standard InChI is InChI=1S/C24H26FNO3/c1-23(2,3)17-10-14(11-18(20(17)27)24(4,5)6)12-19-22(28)29-21(26-19)15-8-7-9-16(25)13-15/h7-13,27H,1-6H3. The van der Waals surface area contributed by atoms with E-state index in [1.807, 2.05) is 53.7 Å². The maximum Gasteiger partial charge on any atom is 0.363 e. The first-order chi connectivity index (χ1) is 13.4. The third-order valence-electron chi connectivity index (χ3n) is 4.74. The Kier molecular flexibility index (Phi) is 5.11. The number of phenols is 1. The Labute approximate surface area is 170 Å². The third kappa shape index (κ3) is 4.39. The van der Waals surface area contributed by atoms with Gasteiger partial charge in [0, 0.05) is 16.7 Å². The third-order valence-corrected chi connectivity index (χ3v) is 4.74. The molecule has 2 aromatic carbocycles. The van der Waals surface area contributed by atoms with E-state index in [-0.39, 0.29) is 28.2 Å². The summed E-state index contributed by atoms with van der Waals surface area (Å²) in [4.78, 5) is 16.6. The van der Waals surface area contributed by atoms with Crippen molar-refractivity contribution >= 4 is 17.9 Å². The van der Waals surface area contributed by atoms with Gasteiger partial charge in [0.2, 0.25) is 5.90 Å². The number of ether oxygens (including phenoxy) is 1. The Morgan fingerprint density at radius 3 is 2.10 bits per heavy atom. The molecule has 0 bridgehead atoms. The van der Waals surface area contributed by atoms with Crippen molar-refractivity contribution in [1.82, 2.24) is 0 Å². The van der Waals surface area contributed by atoms with Crippen molar-refractivity contribution in [3.63, 3.8) is 0 Å². The number of hydrogen-bond acceptors (Lipinski definition) is 4. The van der Waals surface area contributed by atoms with Gasteiger partial charge in [-0.05, 0) is 52.8 Å². The van der Waals surface area contributed by atoms with Crippen molar-refractivity contribution in [2.75, 3.05) is 0 Å². The van der Waals surface area contributed by atoms with E-state index in [0.717, 1.165) is 16.7 Å². The summed E-state index contributed by atoms with van der Waals surface area (Å²) >= 11 is 0. The van der Waals surface area contributed by atoms with Gasteiger partial charge in [-0.1, -0.05) is 47.6 Å². The van der Waals surface area contributed by atoms with Crippen LogP contribution >= 0.6 is 0 Å². The van der Waals surface area contributed by atoms with E-state index in [4.69, 9.17) is 4.74 Å². The molecule has 0 amide bonds. The number of esters is 1. The molecule has 0 fully saturated rings. The summed E-state index contributed by atoms with van der Waals surface area (Å²) < 4.78 is 18.7. The molecule has 0 unspecified atom stereocenters. The monoisotopic (exact) mass is 395 g/mol. The van der Waals surface area contributed by atoms with Crippen LogP contribution in [0.4, 0.5) is 4.39 Å². The molecule has 29 heavy (non-hydrogen) atoms. The van der Waals surface area contributed by atoms with Gasteiger partial charge in [-0.15, -0.1) is 0 Å². The Morgan fingerprint density at radius 1 is 1.00 bits per heavy atom. The van der Waals surface area contributed by atoms with Crippen molar-refractivity contribution in [2.24, 2.45) is 4.99 Å². The first kappa shape index (κ1) is 20.8. The lowest BCUT2D eigenvalue weighted by molar-refractivity contribution is -0.129. The topological polar surface area (TPSA) is 58.9 Å². The van der Waals surface area contributed by atoms with Crippen LogP contribution in [0.5, 0.6) is 5.75 Å². The van der Waals surface area contributed by atoms with Gasteiger partial charge in [0.1, 0.15) is 11.6 Å². The van der Waals surface area contributed by atoms with E-state index < -0.39 is 11.8 Å². The first-order valence-electron chi connectivity index (χ1n) is 9.53. The molecule has 0 atom stereocenters. The Balaban J connectivity index is 2.11. The summed E-state index contributed by atoms with van der Waals surface area (Å²) in [5.74, 6) is -0.675. The van der Waals surface area contributed by atoms with Crippen LogP contribution in [0, 0.1) is 5.82 Å². The average molecular weight is 395 g/mol. The van der Waals surface area contributed by atoms with Gasteiger partial charge < -0.3 is 9.84 Å². The van der Waals surface area contributed by atoms with Gasteiger partial charge in [0.25, 0.3) is 0 Å². The van der Waals surface area contributed by atoms with Crippen molar-refractivity contribution in [1.29, 1.82) is 0 Å². The van der Waals surface area contributed by atoms with Crippen LogP contribution < -0.4 is 0 Å². The Hall–Kier alpha value is -2.95. The fourth-order valence-electron chi connectivity index (χ4n) is 3.20. The summed E-state index contributed by atoms with van der Waals surface area (Å²) in [6.07, 6.45) is 1.64. The Morgan fingerprint density at radius 2 is 1.59 bits per heavy atom. The number of hydrogen-bond donors (Lipinski definition) is 1. The highest BCUT2D eigenvalue weighted by atomic mass is 19.1. The minimum atomic E-state index is -0.591. The molecular weight excluding hydrogens is 369 g/mol. The molecule has 2 aromatic rings. The predicted octanol–water partition coefficient (Wildman–Crippen LogP) is 5.47. The van der Waals surface area contributed by atoms with Crippen molar-refractivity contribution in [3.8, 4) is 5.75 Å². The maximum absolute atomic E-state index is 13.5. The number of aromatic hydroxyl groups is 1. The molecule has 1 heterocycles. The summed E-state index contributed by atoms with van der Waals surface area (Å²) in [6, 6.07) is 9.48. The van der Waals surface area contributed by atoms with Gasteiger partial charge in [0.05, 0.1) is 0 Å². The second-order valence-corrected chi connectivity index (χ2v) is 9.31. The quantitative estimate of drug-likeness (QED) is 0.542. The number of phenolic OH excluding ortho intramolecular Hbond substituents is 1. The molecule has 1 aliphatic rings. The SMILES string of the molecule is CC(C)(C)c1cc(C=C2N=C(c3cccc(F)c3)OC2=O)cc(C(C)(C)C)c1O. The number of rotatable bonds is 2. The van der Waals surface area contributed by atoms with Gasteiger partial charge in [-0.3, -0.25) is 0 Å². The molecule has 0 saturated heterocycles. The molecule has 4 nitrogen and oxygen atoms in total. The lowest BCUT2D eigenvalue weighted by Crippen LogP contribution is -2.17. The van der Waals surface area contributed by atoms with Crippen LogP contribution in [0.15, 0.2) is 47.1 Å². The molecule has 5 heteroatoms. The van der Waals surface area contributed by atoms with E-state index in [2.05, 4.69) is 4.99 Å². The van der Waals surface area contributed by atoms with Crippen LogP contribution in [0.25, 0.3) is 6.08 Å². The van der Waals surface area contributed by atoms with Crippen molar-refractivity contribution < 1.29 is 19.0 Å². The number of aliphatic imine (C=N–C) groups is 1. The minimum absolute atomic E-state index is 0.0756. The normalized spacial score (nSPS) is 16.2. The molecule has 152 valence electrons. The lowest BCUT2D eigenvalue weighted by atomic mass is 9.78. The smallest absolute Gasteiger partial charge is 0.363 e. The first-order valence-corrected chi connectivity index (χ1v) is 9.53. The Bertz CT molecular complexity index is 1000. The molecule has 1 N–H and O–H groups in total. The summed E-state index contributed by atoms with van der Waals surface area (Å²) in [5.41, 5.74) is 2.28. The highest BCUT2D eigenvalue weighted by Crippen LogP contribution is 2.40. The zero-order valence-electron chi connectivity index (χ0n) is 17.6. The second-order valence-electron chi connectivity index (χ2n) is 9.31. The molecule has 0 saturated carbocycles. The maximum atomic E-state index is 13.5. The number of carbonyl (C=O) groups excluding carboxylic acids is 1. The lowest BCUT2D eigenvalue weighted by Gasteiger charge is -2.27. The molecule has 0 spiro atoms. The van der Waals surface area contributed by atoms with Gasteiger partial charge >= 0.3 is 5.97 Å². The van der Waals surface area contributed by atoms with E-state index in [1.165, 1.54) is 18.2 Å². The zero-order valence-corrected chi connectivity index (χ0v) is 17.6. The fraction of sp³-hybridized carbons (Fsp3) is 0.333. The molecule has 3 rings (SSSR count). The van der Waals surface area contributed by atoms with E-state index in [1.54, 1.807) is 12.1 Å². The summed E-state index contributed by atoms with van der Waals surface area (Å²) in [7, 11) is 0. The molecular formula is C24H26FNO3. The number of benzene rings is 2. The average Bonchev–Trinajstić information content (AvgIpc) is 2.95. The second kappa shape index (κ2) is 7.14. The van der Waals surface area contributed by atoms with Crippen LogP contribution in [0.1, 0.15) is 63.8 Å². The number of halogens is 1. The molecule has 0 aliphatic carbocycles. The summed E-state index contributed by atoms with van der Waals surface area (Å²) in [6.45, 7) is 12.1. The van der Waals surface area contributed by atoms with Gasteiger partial charge in [0.15, 0.2) is 5.70 Å². The minimum Gasteiger partial charge on any atom is -0.507 e. The van der Waals surface area contributed by atoms with Gasteiger partial charge in [-0.2, -0.15) is 0 Å². The molecule has 1 aliphatic heterocycles. The largest absolute Gasteiger partial charge is 0.507 e. The van der Waals surface area contributed by atoms with Crippen LogP contribution in [0.3, 0.4) is 0 Å². The number of cyclic esters (lactones) is 1. The van der Waals surface area contributed by atoms with Crippen molar-refractivity contribution in [2.45, 2.75) is 52.4 Å². The summed E-state index contributed by atoms with van der Waals surface area (Å²) in [5, 5.41) is 10.8. The van der Waals surface area contributed by atoms with Gasteiger partial charge in [-0.25, -0.2) is 14.2 Å². The van der Waals surface area contributed by atoms with Crippen LogP contribution in [0.2, 0.25) is 0 Å². The predicted molar refractivity (Wildman–Crippen MR) is 113 cm³/mol. The van der Waals surface area contributed by atoms with Crippen LogP contribution in [-0.2, 0) is 20.4 Å². The van der Waals surface area contributed by atoms with E-state index in [9.17, 15) is 14.3 Å². The molecule has 0 aromatic heterocycles. The fourth-order valence-corrected chi connectivity index (χ4v) is 3.20. The number of nitrogens with zero attached hydrogens (tertiary/aromatic N) is 1. The van der Waals surface area contributed by atoms with Crippen LogP contribution in [-0.4, -0.2) is 17.0 Å². The van der Waals surface area contributed by atoms with E-state index >= 15 is 0 Å². The highest BCUT2D eigenvalue weighted by Gasteiger charge is 2.28. The van der Waals surface area contributed by atoms with Crippen molar-refractivity contribution in [3.05, 3.63) is 70.2 Å². The molecule has 0 radical (unpaired) electrons. The highest BCUT2D eigenvalue weighted by molar-refractivity contribution is 6.12. The zero-order chi connectivity index (χ0) is 21.6. The van der Waals surface area contributed by atoms with E-state index in [0.29, 0.717) is 5.56 Å². The number of carbonyl (C=O) groups is 1.